The molecule has 1 aromatic carbocycles. The molecule has 0 radical (unpaired) electrons. The first-order valence-electron chi connectivity index (χ1n) is 5.61. The lowest BCUT2D eigenvalue weighted by molar-refractivity contribution is -0.117. The SMILES string of the molecule is CCCC(C)N(C(C)=O)c1cccc(Br)c1. The fourth-order valence-electron chi connectivity index (χ4n) is 1.92. The molecule has 0 aliphatic carbocycles. The van der Waals surface area contributed by atoms with Crippen molar-refractivity contribution in [1.29, 1.82) is 0 Å². The van der Waals surface area contributed by atoms with E-state index in [1.54, 1.807) is 6.92 Å². The molecule has 0 spiro atoms. The Balaban J connectivity index is 2.98. The van der Waals surface area contributed by atoms with Gasteiger partial charge in [-0.15, -0.1) is 0 Å². The highest BCUT2D eigenvalue weighted by atomic mass is 79.9. The highest BCUT2D eigenvalue weighted by molar-refractivity contribution is 9.10. The van der Waals surface area contributed by atoms with E-state index in [9.17, 15) is 4.79 Å². The number of carbonyl (C=O) groups excluding carboxylic acids is 1. The molecular weight excluding hydrogens is 266 g/mol. The van der Waals surface area contributed by atoms with E-state index in [4.69, 9.17) is 0 Å². The van der Waals surface area contributed by atoms with Crippen LogP contribution in [0.25, 0.3) is 0 Å². The molecule has 0 aliphatic rings. The van der Waals surface area contributed by atoms with Crippen LogP contribution in [-0.4, -0.2) is 11.9 Å². The van der Waals surface area contributed by atoms with Gasteiger partial charge in [-0.05, 0) is 31.5 Å². The number of carbonyl (C=O) groups is 1. The summed E-state index contributed by atoms with van der Waals surface area (Å²) in [5.74, 6) is 0.0963. The number of hydrogen-bond donors (Lipinski definition) is 0. The Morgan fingerprint density at radius 3 is 2.69 bits per heavy atom. The molecule has 1 rings (SSSR count). The first kappa shape index (κ1) is 13.2. The maximum Gasteiger partial charge on any atom is 0.224 e. The highest BCUT2D eigenvalue weighted by Crippen LogP contribution is 2.23. The van der Waals surface area contributed by atoms with Crippen molar-refractivity contribution in [1.82, 2.24) is 0 Å². The maximum absolute atomic E-state index is 11.7. The number of halogens is 1. The smallest absolute Gasteiger partial charge is 0.224 e. The van der Waals surface area contributed by atoms with Crippen LogP contribution in [0.3, 0.4) is 0 Å². The monoisotopic (exact) mass is 283 g/mol. The van der Waals surface area contributed by atoms with Crippen LogP contribution in [0.4, 0.5) is 5.69 Å². The summed E-state index contributed by atoms with van der Waals surface area (Å²) in [7, 11) is 0. The van der Waals surface area contributed by atoms with Crippen molar-refractivity contribution in [2.45, 2.75) is 39.7 Å². The molecule has 1 unspecified atom stereocenters. The van der Waals surface area contributed by atoms with E-state index in [0.29, 0.717) is 0 Å². The summed E-state index contributed by atoms with van der Waals surface area (Å²) >= 11 is 3.43. The third-order valence-corrected chi connectivity index (χ3v) is 3.07. The Hall–Kier alpha value is -0.830. The second-order valence-electron chi connectivity index (χ2n) is 4.01. The first-order chi connectivity index (χ1) is 7.56. The normalized spacial score (nSPS) is 12.2. The molecule has 0 aliphatic heterocycles. The number of nitrogens with zero attached hydrogens (tertiary/aromatic N) is 1. The Labute approximate surface area is 106 Å². The van der Waals surface area contributed by atoms with Gasteiger partial charge in [0, 0.05) is 23.1 Å². The third kappa shape index (κ3) is 3.34. The van der Waals surface area contributed by atoms with Crippen LogP contribution in [0.1, 0.15) is 33.6 Å². The van der Waals surface area contributed by atoms with E-state index in [2.05, 4.69) is 29.8 Å². The van der Waals surface area contributed by atoms with Gasteiger partial charge in [-0.25, -0.2) is 0 Å². The van der Waals surface area contributed by atoms with Crippen LogP contribution in [0.15, 0.2) is 28.7 Å². The largest absolute Gasteiger partial charge is 0.310 e. The van der Waals surface area contributed by atoms with Crippen molar-refractivity contribution in [2.75, 3.05) is 4.90 Å². The number of rotatable bonds is 4. The van der Waals surface area contributed by atoms with E-state index in [-0.39, 0.29) is 11.9 Å². The Morgan fingerprint density at radius 1 is 1.50 bits per heavy atom. The summed E-state index contributed by atoms with van der Waals surface area (Å²) in [4.78, 5) is 13.5. The van der Waals surface area contributed by atoms with Crippen LogP contribution in [-0.2, 0) is 4.79 Å². The minimum absolute atomic E-state index is 0.0963. The quantitative estimate of drug-likeness (QED) is 0.818. The summed E-state index contributed by atoms with van der Waals surface area (Å²) < 4.78 is 1.000. The second-order valence-corrected chi connectivity index (χ2v) is 4.92. The lowest BCUT2D eigenvalue weighted by atomic mass is 10.1. The van der Waals surface area contributed by atoms with Crippen molar-refractivity contribution in [2.24, 2.45) is 0 Å². The van der Waals surface area contributed by atoms with Crippen LogP contribution in [0.2, 0.25) is 0 Å². The molecule has 0 fully saturated rings. The van der Waals surface area contributed by atoms with E-state index in [1.165, 1.54) is 0 Å². The lowest BCUT2D eigenvalue weighted by Crippen LogP contribution is -2.37. The third-order valence-electron chi connectivity index (χ3n) is 2.57. The lowest BCUT2D eigenvalue weighted by Gasteiger charge is -2.28. The molecule has 0 saturated heterocycles. The summed E-state index contributed by atoms with van der Waals surface area (Å²) in [6.07, 6.45) is 2.10. The van der Waals surface area contributed by atoms with Crippen molar-refractivity contribution in [3.8, 4) is 0 Å². The van der Waals surface area contributed by atoms with Gasteiger partial charge in [0.25, 0.3) is 0 Å². The van der Waals surface area contributed by atoms with Gasteiger partial charge < -0.3 is 4.90 Å². The molecule has 0 bridgehead atoms. The Kier molecular flexibility index (Phi) is 5.00. The molecule has 16 heavy (non-hydrogen) atoms. The van der Waals surface area contributed by atoms with Crippen LogP contribution < -0.4 is 4.90 Å². The Morgan fingerprint density at radius 2 is 2.19 bits per heavy atom. The van der Waals surface area contributed by atoms with Gasteiger partial charge in [0.1, 0.15) is 0 Å². The summed E-state index contributed by atoms with van der Waals surface area (Å²) in [5.41, 5.74) is 0.961. The molecule has 0 saturated carbocycles. The van der Waals surface area contributed by atoms with Gasteiger partial charge in [-0.1, -0.05) is 35.3 Å². The van der Waals surface area contributed by atoms with Gasteiger partial charge in [-0.3, -0.25) is 4.79 Å². The maximum atomic E-state index is 11.7. The van der Waals surface area contributed by atoms with E-state index >= 15 is 0 Å². The van der Waals surface area contributed by atoms with Crippen molar-refractivity contribution in [3.05, 3.63) is 28.7 Å². The minimum Gasteiger partial charge on any atom is -0.310 e. The van der Waals surface area contributed by atoms with Gasteiger partial charge in [0.05, 0.1) is 0 Å². The van der Waals surface area contributed by atoms with Gasteiger partial charge in [0.2, 0.25) is 5.91 Å². The summed E-state index contributed by atoms with van der Waals surface area (Å²) in [6.45, 7) is 5.84. The summed E-state index contributed by atoms with van der Waals surface area (Å²) in [5, 5.41) is 0. The zero-order chi connectivity index (χ0) is 12.1. The predicted molar refractivity (Wildman–Crippen MR) is 71.7 cm³/mol. The predicted octanol–water partition coefficient (Wildman–Crippen LogP) is 3.99. The second kappa shape index (κ2) is 6.04. The molecule has 1 aromatic rings. The molecule has 1 atom stereocenters. The molecule has 3 heteroatoms. The molecule has 0 heterocycles. The average Bonchev–Trinajstić information content (AvgIpc) is 2.17. The number of hydrogen-bond acceptors (Lipinski definition) is 1. The Bertz CT molecular complexity index is 365. The number of amides is 1. The van der Waals surface area contributed by atoms with Crippen LogP contribution in [0.5, 0.6) is 0 Å². The van der Waals surface area contributed by atoms with Crippen LogP contribution in [0, 0.1) is 0 Å². The average molecular weight is 284 g/mol. The van der Waals surface area contributed by atoms with Crippen molar-refractivity contribution < 1.29 is 4.79 Å². The molecule has 0 N–H and O–H groups in total. The fourth-order valence-corrected chi connectivity index (χ4v) is 2.31. The molecular formula is C13H18BrNO. The summed E-state index contributed by atoms with van der Waals surface area (Å²) in [6, 6.07) is 8.11. The first-order valence-corrected chi connectivity index (χ1v) is 6.41. The fraction of sp³-hybridized carbons (Fsp3) is 0.462. The molecule has 88 valence electrons. The number of benzene rings is 1. The van der Waals surface area contributed by atoms with Crippen molar-refractivity contribution >= 4 is 27.5 Å². The highest BCUT2D eigenvalue weighted by Gasteiger charge is 2.17. The van der Waals surface area contributed by atoms with Gasteiger partial charge >= 0.3 is 0 Å². The zero-order valence-electron chi connectivity index (χ0n) is 10.0. The minimum atomic E-state index is 0.0963. The standard InChI is InChI=1S/C13H18BrNO/c1-4-6-10(2)15(11(3)16)13-8-5-7-12(14)9-13/h5,7-10H,4,6H2,1-3H3. The van der Waals surface area contributed by atoms with E-state index in [0.717, 1.165) is 23.0 Å². The molecule has 1 amide bonds. The zero-order valence-corrected chi connectivity index (χ0v) is 11.6. The van der Waals surface area contributed by atoms with Gasteiger partial charge in [-0.2, -0.15) is 0 Å². The topological polar surface area (TPSA) is 20.3 Å². The number of anilines is 1. The molecule has 0 aromatic heterocycles. The van der Waals surface area contributed by atoms with Gasteiger partial charge in [0.15, 0.2) is 0 Å². The van der Waals surface area contributed by atoms with Crippen LogP contribution >= 0.6 is 15.9 Å². The van der Waals surface area contributed by atoms with E-state index < -0.39 is 0 Å². The van der Waals surface area contributed by atoms with E-state index in [1.807, 2.05) is 29.2 Å². The molecule has 2 nitrogen and oxygen atoms in total. The van der Waals surface area contributed by atoms with Crippen molar-refractivity contribution in [3.63, 3.8) is 0 Å².